The van der Waals surface area contributed by atoms with Crippen LogP contribution >= 0.6 is 0 Å². The first kappa shape index (κ1) is 15.3. The third kappa shape index (κ3) is 3.93. The van der Waals surface area contributed by atoms with Gasteiger partial charge in [-0.15, -0.1) is 0 Å². The normalized spacial score (nSPS) is 16.5. The molecule has 0 aromatic heterocycles. The molecule has 0 radical (unpaired) electrons. The van der Waals surface area contributed by atoms with Crippen molar-refractivity contribution in [1.29, 1.82) is 0 Å². The Morgan fingerprint density at radius 3 is 2.14 bits per heavy atom. The summed E-state index contributed by atoms with van der Waals surface area (Å²) in [5.41, 5.74) is 0.854. The zero-order valence-electron chi connectivity index (χ0n) is 12.3. The van der Waals surface area contributed by atoms with E-state index in [1.807, 2.05) is 6.92 Å². The second-order valence-corrected chi connectivity index (χ2v) is 5.22. The van der Waals surface area contributed by atoms with Gasteiger partial charge in [-0.2, -0.15) is 0 Å². The highest BCUT2D eigenvalue weighted by Gasteiger charge is 2.23. The van der Waals surface area contributed by atoms with Crippen molar-refractivity contribution in [2.75, 3.05) is 26.2 Å². The number of piperazine rings is 1. The van der Waals surface area contributed by atoms with Crippen LogP contribution in [0.2, 0.25) is 0 Å². The molecule has 1 aromatic rings. The molecule has 0 spiro atoms. The topological polar surface area (TPSA) is 52.7 Å². The summed E-state index contributed by atoms with van der Waals surface area (Å²) in [5, 5.41) is 2.89. The second-order valence-electron chi connectivity index (χ2n) is 5.22. The lowest BCUT2D eigenvalue weighted by molar-refractivity contribution is -0.130. The number of carbonyl (C=O) groups is 2. The van der Waals surface area contributed by atoms with Crippen LogP contribution in [-0.4, -0.2) is 47.9 Å². The molecule has 1 aliphatic rings. The largest absolute Gasteiger partial charge is 0.339 e. The molecule has 1 atom stereocenters. The summed E-state index contributed by atoms with van der Waals surface area (Å²) < 4.78 is 12.9. The van der Waals surface area contributed by atoms with E-state index < -0.39 is 0 Å². The van der Waals surface area contributed by atoms with Crippen LogP contribution in [0.5, 0.6) is 0 Å². The van der Waals surface area contributed by atoms with Gasteiger partial charge in [0.15, 0.2) is 0 Å². The number of hydrogen-bond acceptors (Lipinski definition) is 2. The van der Waals surface area contributed by atoms with Gasteiger partial charge in [0, 0.05) is 33.1 Å². The smallest absolute Gasteiger partial charge is 0.317 e. The highest BCUT2D eigenvalue weighted by Crippen LogP contribution is 2.13. The van der Waals surface area contributed by atoms with Gasteiger partial charge in [-0.3, -0.25) is 4.79 Å². The van der Waals surface area contributed by atoms with Crippen LogP contribution in [0.1, 0.15) is 25.5 Å². The number of benzene rings is 1. The van der Waals surface area contributed by atoms with Gasteiger partial charge >= 0.3 is 6.03 Å². The SMILES string of the molecule is CC(=O)N1CCN(C(=O)N[C@H](C)c2ccc(F)cc2)CC1. The fourth-order valence-corrected chi connectivity index (χ4v) is 2.34. The van der Waals surface area contributed by atoms with Crippen molar-refractivity contribution in [1.82, 2.24) is 15.1 Å². The van der Waals surface area contributed by atoms with E-state index in [0.29, 0.717) is 26.2 Å². The van der Waals surface area contributed by atoms with E-state index in [0.717, 1.165) is 5.56 Å². The minimum absolute atomic E-state index is 0.0368. The number of carbonyl (C=O) groups excluding carboxylic acids is 2. The van der Waals surface area contributed by atoms with Gasteiger partial charge in [0.05, 0.1) is 6.04 Å². The second kappa shape index (κ2) is 6.56. The quantitative estimate of drug-likeness (QED) is 0.903. The van der Waals surface area contributed by atoms with Crippen LogP contribution < -0.4 is 5.32 Å². The first-order valence-corrected chi connectivity index (χ1v) is 7.04. The lowest BCUT2D eigenvalue weighted by atomic mass is 10.1. The van der Waals surface area contributed by atoms with E-state index in [9.17, 15) is 14.0 Å². The Kier molecular flexibility index (Phi) is 4.77. The Balaban J connectivity index is 1.87. The van der Waals surface area contributed by atoms with Gasteiger partial charge < -0.3 is 15.1 Å². The van der Waals surface area contributed by atoms with E-state index in [1.54, 1.807) is 21.9 Å². The molecule has 1 heterocycles. The molecule has 0 saturated carbocycles. The fourth-order valence-electron chi connectivity index (χ4n) is 2.34. The molecule has 0 bridgehead atoms. The lowest BCUT2D eigenvalue weighted by Gasteiger charge is -2.34. The maximum absolute atomic E-state index is 12.9. The van der Waals surface area contributed by atoms with Gasteiger partial charge in [-0.1, -0.05) is 12.1 Å². The van der Waals surface area contributed by atoms with Crippen molar-refractivity contribution in [3.63, 3.8) is 0 Å². The van der Waals surface area contributed by atoms with E-state index in [1.165, 1.54) is 19.1 Å². The van der Waals surface area contributed by atoms with Crippen molar-refractivity contribution >= 4 is 11.9 Å². The van der Waals surface area contributed by atoms with Crippen LogP contribution in [0.3, 0.4) is 0 Å². The van der Waals surface area contributed by atoms with Gasteiger partial charge in [0.25, 0.3) is 0 Å². The molecular weight excluding hydrogens is 273 g/mol. The number of amides is 3. The molecule has 0 unspecified atom stereocenters. The van der Waals surface area contributed by atoms with Crippen molar-refractivity contribution < 1.29 is 14.0 Å². The molecule has 1 saturated heterocycles. The van der Waals surface area contributed by atoms with Crippen LogP contribution in [0.15, 0.2) is 24.3 Å². The van der Waals surface area contributed by atoms with Gasteiger partial charge in [-0.05, 0) is 24.6 Å². The predicted octanol–water partition coefficient (Wildman–Crippen LogP) is 1.76. The molecule has 0 aliphatic carbocycles. The minimum atomic E-state index is -0.294. The average Bonchev–Trinajstić information content (AvgIpc) is 2.47. The maximum atomic E-state index is 12.9. The molecule has 1 N–H and O–H groups in total. The molecule has 2 rings (SSSR count). The summed E-state index contributed by atoms with van der Waals surface area (Å²) >= 11 is 0. The van der Waals surface area contributed by atoms with E-state index in [4.69, 9.17) is 0 Å². The summed E-state index contributed by atoms with van der Waals surface area (Å²) in [7, 11) is 0. The molecule has 3 amide bonds. The Hall–Kier alpha value is -2.11. The van der Waals surface area contributed by atoms with Crippen LogP contribution in [0.25, 0.3) is 0 Å². The Bertz CT molecular complexity index is 510. The molecule has 5 nitrogen and oxygen atoms in total. The summed E-state index contributed by atoms with van der Waals surface area (Å²) in [6, 6.07) is 5.73. The van der Waals surface area contributed by atoms with Gasteiger partial charge in [-0.25, -0.2) is 9.18 Å². The summed E-state index contributed by atoms with van der Waals surface area (Å²) in [5.74, 6) is -0.257. The molecule has 1 aromatic carbocycles. The summed E-state index contributed by atoms with van der Waals surface area (Å²) in [4.78, 5) is 26.8. The third-order valence-corrected chi connectivity index (χ3v) is 3.72. The first-order valence-electron chi connectivity index (χ1n) is 7.04. The number of nitrogens with zero attached hydrogens (tertiary/aromatic N) is 2. The average molecular weight is 293 g/mol. The highest BCUT2D eigenvalue weighted by atomic mass is 19.1. The van der Waals surface area contributed by atoms with Crippen molar-refractivity contribution in [2.45, 2.75) is 19.9 Å². The zero-order chi connectivity index (χ0) is 15.4. The van der Waals surface area contributed by atoms with Gasteiger partial charge in [0.1, 0.15) is 5.82 Å². The Labute approximate surface area is 123 Å². The first-order chi connectivity index (χ1) is 9.97. The molecule has 6 heteroatoms. The van der Waals surface area contributed by atoms with Crippen LogP contribution in [0.4, 0.5) is 9.18 Å². The van der Waals surface area contributed by atoms with E-state index in [2.05, 4.69) is 5.32 Å². The third-order valence-electron chi connectivity index (χ3n) is 3.72. The Morgan fingerprint density at radius 2 is 1.62 bits per heavy atom. The molecular formula is C15H20FN3O2. The van der Waals surface area contributed by atoms with Crippen molar-refractivity contribution in [2.24, 2.45) is 0 Å². The highest BCUT2D eigenvalue weighted by molar-refractivity contribution is 5.76. The maximum Gasteiger partial charge on any atom is 0.317 e. The molecule has 1 fully saturated rings. The standard InChI is InChI=1S/C15H20FN3O2/c1-11(13-3-5-14(16)6-4-13)17-15(21)19-9-7-18(8-10-19)12(2)20/h3-6,11H,7-10H2,1-2H3,(H,17,21)/t11-/m1/s1. The molecule has 21 heavy (non-hydrogen) atoms. The number of hydrogen-bond donors (Lipinski definition) is 1. The Morgan fingerprint density at radius 1 is 1.10 bits per heavy atom. The van der Waals surface area contributed by atoms with Crippen LogP contribution in [0, 0.1) is 5.82 Å². The zero-order valence-corrected chi connectivity index (χ0v) is 12.3. The summed E-state index contributed by atoms with van der Waals surface area (Å²) in [6.45, 7) is 5.58. The predicted molar refractivity (Wildman–Crippen MR) is 77.2 cm³/mol. The fraction of sp³-hybridized carbons (Fsp3) is 0.467. The number of urea groups is 1. The number of rotatable bonds is 2. The van der Waals surface area contributed by atoms with Gasteiger partial charge in [0.2, 0.25) is 5.91 Å². The molecule has 114 valence electrons. The monoisotopic (exact) mass is 293 g/mol. The lowest BCUT2D eigenvalue weighted by Crippen LogP contribution is -2.53. The summed E-state index contributed by atoms with van der Waals surface area (Å²) in [6.07, 6.45) is 0. The minimum Gasteiger partial charge on any atom is -0.339 e. The number of nitrogens with one attached hydrogen (secondary N) is 1. The van der Waals surface area contributed by atoms with Crippen molar-refractivity contribution in [3.8, 4) is 0 Å². The van der Waals surface area contributed by atoms with Crippen LogP contribution in [-0.2, 0) is 4.79 Å². The van der Waals surface area contributed by atoms with E-state index in [-0.39, 0.29) is 23.8 Å². The molecule has 1 aliphatic heterocycles. The van der Waals surface area contributed by atoms with Crippen molar-refractivity contribution in [3.05, 3.63) is 35.6 Å². The number of halogens is 1. The van der Waals surface area contributed by atoms with E-state index >= 15 is 0 Å².